The average molecular weight is 1080 g/mol. The molecule has 360 valence electrons. The van der Waals surface area contributed by atoms with Gasteiger partial charge in [-0.15, -0.1) is 6.08 Å². The minimum absolute atomic E-state index is 0. The normalized spacial score (nSPS) is 32.9. The number of benzene rings is 4. The summed E-state index contributed by atoms with van der Waals surface area (Å²) in [6, 6.07) is 19.8. The van der Waals surface area contributed by atoms with Gasteiger partial charge in [0.05, 0.1) is 6.72 Å². The summed E-state index contributed by atoms with van der Waals surface area (Å²) >= 11 is 0. The van der Waals surface area contributed by atoms with Crippen LogP contribution in [0.4, 0.5) is 8.78 Å². The Balaban J connectivity index is 0.00000208. The van der Waals surface area contributed by atoms with Gasteiger partial charge in [-0.1, -0.05) is 103 Å². The number of rotatable bonds is 8. The van der Waals surface area contributed by atoms with Crippen LogP contribution in [0.5, 0.6) is 11.5 Å². The summed E-state index contributed by atoms with van der Waals surface area (Å²) in [5.41, 5.74) is 9.07. The van der Waals surface area contributed by atoms with Crippen molar-refractivity contribution in [3.63, 3.8) is 0 Å². The van der Waals surface area contributed by atoms with Crippen molar-refractivity contribution < 1.29 is 49.4 Å². The molecular weight excluding hydrogens is 1010 g/mol. The zero-order valence-electron chi connectivity index (χ0n) is 42.6. The molecule has 4 unspecified atom stereocenters. The quantitative estimate of drug-likeness (QED) is 0.105. The van der Waals surface area contributed by atoms with Crippen LogP contribution < -0.4 is 0 Å². The van der Waals surface area contributed by atoms with Crippen molar-refractivity contribution in [2.45, 2.75) is 155 Å². The minimum atomic E-state index is -0.324. The first-order valence-electron chi connectivity index (χ1n) is 24.8. The van der Waals surface area contributed by atoms with E-state index in [1.165, 1.54) is 50.7 Å². The van der Waals surface area contributed by atoms with E-state index >= 15 is 8.78 Å². The van der Waals surface area contributed by atoms with Crippen molar-refractivity contribution in [2.24, 2.45) is 33.5 Å². The molecule has 0 amide bonds. The number of hydrogen-bond donors (Lipinski definition) is 2. The maximum atomic E-state index is 16.3. The average Bonchev–Trinajstić information content (AvgIpc) is 3.19. The van der Waals surface area contributed by atoms with Crippen molar-refractivity contribution in [1.29, 1.82) is 0 Å². The van der Waals surface area contributed by atoms with E-state index in [0.29, 0.717) is 23.0 Å². The van der Waals surface area contributed by atoms with Crippen LogP contribution >= 0.6 is 0 Å². The molecule has 0 saturated heterocycles. The van der Waals surface area contributed by atoms with E-state index in [4.69, 9.17) is 6.72 Å². The molecule has 1 aliphatic heterocycles. The molecule has 8 bridgehead atoms. The Kier molecular flexibility index (Phi) is 12.6. The molecule has 1 heterocycles. The zero-order chi connectivity index (χ0) is 45.8. The van der Waals surface area contributed by atoms with Crippen LogP contribution in [0.1, 0.15) is 178 Å². The fourth-order valence-corrected chi connectivity index (χ4v) is 17.7. The number of hydrogen-bond acceptors (Lipinski definition) is 2. The topological polar surface area (TPSA) is 43.5 Å². The first-order chi connectivity index (χ1) is 30.6. The number of allylic oxidation sites excluding steroid dienone is 2. The van der Waals surface area contributed by atoms with Gasteiger partial charge in [0, 0.05) is 58.9 Å². The maximum absolute atomic E-state index is 16.3. The molecule has 8 saturated carbocycles. The third-order valence-corrected chi connectivity index (χ3v) is 18.2. The molecule has 0 radical (unpaired) electrons. The fourth-order valence-electron chi connectivity index (χ4n) is 17.7. The van der Waals surface area contributed by atoms with Crippen molar-refractivity contribution in [1.82, 2.24) is 0 Å². The van der Waals surface area contributed by atoms with Crippen LogP contribution in [0.15, 0.2) is 78.9 Å². The molecular formula is C62H75F2HfNO2-2. The number of aromatic hydroxyl groups is 2. The molecule has 8 fully saturated rings. The molecule has 3 nitrogen and oxygen atoms in total. The number of phenols is 2. The van der Waals surface area contributed by atoms with Crippen molar-refractivity contribution in [3.05, 3.63) is 145 Å². The van der Waals surface area contributed by atoms with Crippen LogP contribution in [-0.4, -0.2) is 21.5 Å². The zero-order valence-corrected chi connectivity index (χ0v) is 46.2. The van der Waals surface area contributed by atoms with Gasteiger partial charge in [0.25, 0.3) is 0 Å². The predicted octanol–water partition coefficient (Wildman–Crippen LogP) is 16.6. The molecule has 4 aromatic rings. The predicted molar refractivity (Wildman–Crippen MR) is 273 cm³/mol. The molecule has 2 N–H and O–H groups in total. The van der Waals surface area contributed by atoms with Crippen LogP contribution in [0.25, 0.3) is 28.0 Å². The van der Waals surface area contributed by atoms with Crippen molar-refractivity contribution in [3.8, 4) is 33.8 Å². The van der Waals surface area contributed by atoms with Crippen molar-refractivity contribution in [2.75, 3.05) is 0 Å². The molecule has 4 atom stereocenters. The van der Waals surface area contributed by atoms with Crippen LogP contribution in [-0.2, 0) is 36.7 Å². The molecule has 13 rings (SSSR count). The van der Waals surface area contributed by atoms with E-state index in [2.05, 4.69) is 104 Å². The minimum Gasteiger partial charge on any atom is -0.508 e. The monoisotopic (exact) mass is 1080 g/mol. The van der Waals surface area contributed by atoms with Crippen LogP contribution in [0.2, 0.25) is 0 Å². The molecule has 0 aromatic heterocycles. The first kappa shape index (κ1) is 50.6. The van der Waals surface area contributed by atoms with Gasteiger partial charge in [-0.25, -0.2) is 13.4 Å². The van der Waals surface area contributed by atoms with Gasteiger partial charge in [0.1, 0.15) is 29.2 Å². The van der Waals surface area contributed by atoms with Crippen molar-refractivity contribution >= 4 is 12.4 Å². The Morgan fingerprint density at radius 3 is 1.44 bits per heavy atom. The number of nitrogens with zero attached hydrogens (tertiary/aromatic N) is 1. The molecule has 4 aromatic carbocycles. The van der Waals surface area contributed by atoms with Gasteiger partial charge in [-0.3, -0.25) is 0 Å². The Bertz CT molecular complexity index is 2730. The Hall–Kier alpha value is -3.77. The van der Waals surface area contributed by atoms with Gasteiger partial charge in [-0.05, 0) is 181 Å². The van der Waals surface area contributed by atoms with Crippen LogP contribution in [0, 0.1) is 66.0 Å². The van der Waals surface area contributed by atoms with E-state index < -0.39 is 0 Å². The summed E-state index contributed by atoms with van der Waals surface area (Å²) in [5.74, 6) is 1.34. The third-order valence-electron chi connectivity index (χ3n) is 18.2. The second-order valence-corrected chi connectivity index (χ2v) is 25.2. The van der Waals surface area contributed by atoms with Gasteiger partial charge >= 0.3 is 0 Å². The first-order valence-corrected chi connectivity index (χ1v) is 24.8. The summed E-state index contributed by atoms with van der Waals surface area (Å²) in [7, 11) is 0. The molecule has 0 spiro atoms. The molecule has 8 aliphatic carbocycles. The summed E-state index contributed by atoms with van der Waals surface area (Å²) < 4.78 is 34.6. The van der Waals surface area contributed by atoms with Gasteiger partial charge in [0.2, 0.25) is 0 Å². The van der Waals surface area contributed by atoms with E-state index in [0.717, 1.165) is 94.8 Å². The Labute approximate surface area is 426 Å². The standard InChI is InChI=1S/C60H69F2NO2.2CH3.Hf/c1-35(2)39-13-15-43(47-19-41(61)21-49(53(47)64)59-27-37-23-55(5,31-59)29-56(6,24-37)32-59)45(17-39)51-11-10-12-52(63(51)9)46-18-40(36(3)4)14-16-44(46)48-20-42(62)22-50(54(48)65)60-28-38-25-57(7,33-60)30-58(8,26-38)34-60;;;/h10-22,35-38,64-65H,9,23-34H2,1-8H3;2*1H3;/q;2*-1;. The van der Waals surface area contributed by atoms with E-state index in [1.807, 2.05) is 10.7 Å². The molecule has 68 heavy (non-hydrogen) atoms. The number of phenolic OH excluding ortho intramolecular Hbond substituents is 2. The van der Waals surface area contributed by atoms with E-state index in [9.17, 15) is 10.2 Å². The third kappa shape index (κ3) is 8.05. The van der Waals surface area contributed by atoms with Crippen LogP contribution in [0.3, 0.4) is 0 Å². The Morgan fingerprint density at radius 1 is 0.574 bits per heavy atom. The summed E-state index contributed by atoms with van der Waals surface area (Å²) in [6.45, 7) is 23.1. The largest absolute Gasteiger partial charge is 0.508 e. The SMILES string of the molecule is C=[N+]1C(c2cc(C(C)C)ccc2-c2cc(F)cc(C34CC5CC(C)(CC(C)(C5)C3)C4)c2O)=CC=C[C-]1c1cc(C(C)C)ccc1-c1cc(F)cc(C23CC4CC(C)(CC(C)(C4)C2)C3)c1O.[CH3-].[CH3-].[Hf]. The van der Waals surface area contributed by atoms with Gasteiger partial charge in [-0.2, -0.15) is 0 Å². The summed E-state index contributed by atoms with van der Waals surface area (Å²) in [4.78, 5) is 0. The second kappa shape index (κ2) is 16.9. The van der Waals surface area contributed by atoms with Gasteiger partial charge in [0.15, 0.2) is 5.70 Å². The van der Waals surface area contributed by atoms with E-state index in [1.54, 1.807) is 12.1 Å². The molecule has 6 heteroatoms. The maximum Gasteiger partial charge on any atom is 0.160 e. The van der Waals surface area contributed by atoms with Gasteiger partial charge < -0.3 is 25.1 Å². The molecule has 9 aliphatic rings. The smallest absolute Gasteiger partial charge is 0.160 e. The fraction of sp³-hybridized carbons (Fsp3) is 0.484. The van der Waals surface area contributed by atoms with E-state index in [-0.39, 0.29) is 108 Å². The Morgan fingerprint density at radius 2 is 1.00 bits per heavy atom. The second-order valence-electron chi connectivity index (χ2n) is 25.2. The summed E-state index contributed by atoms with van der Waals surface area (Å²) in [5, 5.41) is 25.2. The number of halogens is 2. The summed E-state index contributed by atoms with van der Waals surface area (Å²) in [6.07, 6.45) is 19.3.